The van der Waals surface area contributed by atoms with Crippen LogP contribution in [-0.2, 0) is 15.9 Å². The molecule has 1 spiro atoms. The summed E-state index contributed by atoms with van der Waals surface area (Å²) < 4.78 is 27.3. The minimum atomic E-state index is -0.644. The Labute approximate surface area is 251 Å². The van der Waals surface area contributed by atoms with E-state index in [2.05, 4.69) is 20.6 Å². The molecule has 2 fully saturated rings. The summed E-state index contributed by atoms with van der Waals surface area (Å²) in [6, 6.07) is 3.48. The predicted octanol–water partition coefficient (Wildman–Crippen LogP) is 6.82. The zero-order chi connectivity index (χ0) is 30.5. The van der Waals surface area contributed by atoms with Crippen molar-refractivity contribution in [1.82, 2.24) is 15.3 Å². The molecule has 10 heteroatoms. The highest BCUT2D eigenvalue weighted by Crippen LogP contribution is 2.49. The molecule has 2 aromatic heterocycles. The molecule has 2 amide bonds. The molecule has 1 saturated carbocycles. The van der Waals surface area contributed by atoms with Crippen LogP contribution < -0.4 is 15.5 Å². The molecule has 3 aliphatic rings. The Morgan fingerprint density at radius 2 is 1.81 bits per heavy atom. The van der Waals surface area contributed by atoms with Gasteiger partial charge in [-0.25, -0.2) is 19.0 Å². The number of piperidine rings is 1. The van der Waals surface area contributed by atoms with E-state index in [1.54, 1.807) is 36.4 Å². The highest BCUT2D eigenvalue weighted by molar-refractivity contribution is 5.96. The number of aromatic nitrogens is 2. The molecular formula is C33H40FN5O4. The van der Waals surface area contributed by atoms with E-state index in [1.807, 2.05) is 27.7 Å². The van der Waals surface area contributed by atoms with Crippen molar-refractivity contribution in [3.8, 4) is 11.1 Å². The number of nitrogens with one attached hydrogen (secondary N) is 2. The van der Waals surface area contributed by atoms with Gasteiger partial charge in [-0.3, -0.25) is 15.2 Å². The third kappa shape index (κ3) is 5.77. The van der Waals surface area contributed by atoms with Gasteiger partial charge < -0.3 is 14.8 Å². The molecule has 4 heterocycles. The average molecular weight is 590 g/mol. The van der Waals surface area contributed by atoms with Gasteiger partial charge in [-0.15, -0.1) is 0 Å². The zero-order valence-electron chi connectivity index (χ0n) is 25.6. The van der Waals surface area contributed by atoms with Crippen LogP contribution in [0.4, 0.5) is 25.5 Å². The number of hydrogen-bond donors (Lipinski definition) is 2. The smallest absolute Gasteiger partial charge is 0.414 e. The van der Waals surface area contributed by atoms with Crippen LogP contribution in [0.5, 0.6) is 0 Å². The van der Waals surface area contributed by atoms with E-state index in [-0.39, 0.29) is 11.9 Å². The second-order valence-electron chi connectivity index (χ2n) is 13.3. The summed E-state index contributed by atoms with van der Waals surface area (Å²) >= 11 is 0. The first-order valence-corrected chi connectivity index (χ1v) is 15.2. The Hall–Kier alpha value is -3.79. The van der Waals surface area contributed by atoms with Crippen molar-refractivity contribution < 1.29 is 23.5 Å². The van der Waals surface area contributed by atoms with Gasteiger partial charge in [-0.05, 0) is 120 Å². The Morgan fingerprint density at radius 3 is 2.53 bits per heavy atom. The summed E-state index contributed by atoms with van der Waals surface area (Å²) in [5, 5.41) is 7.51. The van der Waals surface area contributed by atoms with Crippen molar-refractivity contribution in [1.29, 1.82) is 0 Å². The lowest BCUT2D eigenvalue weighted by molar-refractivity contribution is -0.0539. The maximum absolute atomic E-state index is 15.9. The second kappa shape index (κ2) is 11.0. The quantitative estimate of drug-likeness (QED) is 0.345. The fourth-order valence-corrected chi connectivity index (χ4v) is 6.82. The van der Waals surface area contributed by atoms with Gasteiger partial charge in [0, 0.05) is 35.5 Å². The lowest BCUT2D eigenvalue weighted by atomic mass is 9.62. The lowest BCUT2D eigenvalue weighted by Gasteiger charge is -2.49. The van der Waals surface area contributed by atoms with Crippen molar-refractivity contribution in [2.45, 2.75) is 84.8 Å². The molecule has 3 aromatic rings. The van der Waals surface area contributed by atoms with Crippen molar-refractivity contribution >= 4 is 34.5 Å². The maximum Gasteiger partial charge on any atom is 0.414 e. The highest BCUT2D eigenvalue weighted by Gasteiger charge is 2.46. The average Bonchev–Trinajstić information content (AvgIpc) is 2.94. The maximum atomic E-state index is 15.9. The van der Waals surface area contributed by atoms with E-state index >= 15 is 4.39 Å². The molecule has 6 rings (SSSR count). The number of rotatable bonds is 3. The van der Waals surface area contributed by atoms with Crippen molar-refractivity contribution in [2.24, 2.45) is 5.41 Å². The normalized spacial score (nSPS) is 18.2. The van der Waals surface area contributed by atoms with E-state index in [4.69, 9.17) is 9.47 Å². The van der Waals surface area contributed by atoms with Crippen LogP contribution >= 0.6 is 0 Å². The molecule has 2 aliphatic heterocycles. The van der Waals surface area contributed by atoms with Gasteiger partial charge in [0.1, 0.15) is 23.3 Å². The van der Waals surface area contributed by atoms with Gasteiger partial charge in [0.15, 0.2) is 0 Å². The van der Waals surface area contributed by atoms with Crippen molar-refractivity contribution in [2.75, 3.05) is 29.9 Å². The van der Waals surface area contributed by atoms with Gasteiger partial charge >= 0.3 is 12.2 Å². The largest absolute Gasteiger partial charge is 0.446 e. The summed E-state index contributed by atoms with van der Waals surface area (Å²) in [5.74, 6) is -0.0440. The summed E-state index contributed by atoms with van der Waals surface area (Å²) in [6.07, 6.45) is 7.74. The number of anilines is 2. The fourth-order valence-electron chi connectivity index (χ4n) is 6.82. The number of ether oxygens (including phenoxy) is 2. The third-order valence-corrected chi connectivity index (χ3v) is 9.05. The molecule has 2 N–H and O–H groups in total. The first-order chi connectivity index (χ1) is 20.4. The van der Waals surface area contributed by atoms with Gasteiger partial charge in [0.25, 0.3) is 0 Å². The molecule has 1 saturated heterocycles. The van der Waals surface area contributed by atoms with Gasteiger partial charge in [-0.2, -0.15) is 0 Å². The molecule has 0 bridgehead atoms. The Bertz CT molecular complexity index is 1590. The second-order valence-corrected chi connectivity index (χ2v) is 13.3. The van der Waals surface area contributed by atoms with Crippen LogP contribution in [0.15, 0.2) is 24.5 Å². The molecule has 228 valence electrons. The van der Waals surface area contributed by atoms with E-state index in [0.717, 1.165) is 68.3 Å². The van der Waals surface area contributed by atoms with Crippen molar-refractivity contribution in [3.05, 3.63) is 47.2 Å². The van der Waals surface area contributed by atoms with Crippen LogP contribution in [0.1, 0.15) is 69.7 Å². The summed E-state index contributed by atoms with van der Waals surface area (Å²) in [7, 11) is 0. The standard InChI is InChI=1S/C33H40FN5O4/c1-19-24-17-37-27(38-30(40)42-22-15-33(16-22)8-10-35-11-9-33)14-21(24)13-23(28(19)34)25-18-36-26-7-6-12-39(29(26)20(25)2)31(41)43-32(3,4)5/h13-14,17-18,22,35H,6-12,15-16H2,1-5H3,(H,37,38,40). The number of halogens is 1. The summed E-state index contributed by atoms with van der Waals surface area (Å²) in [4.78, 5) is 36.4. The Kier molecular flexibility index (Phi) is 7.52. The Balaban J connectivity index is 1.26. The first-order valence-electron chi connectivity index (χ1n) is 15.2. The molecule has 1 aliphatic carbocycles. The molecule has 9 nitrogen and oxygen atoms in total. The van der Waals surface area contributed by atoms with Crippen LogP contribution in [0.3, 0.4) is 0 Å². The summed E-state index contributed by atoms with van der Waals surface area (Å²) in [5.41, 5.74) is 3.30. The topological polar surface area (TPSA) is 106 Å². The van der Waals surface area contributed by atoms with E-state index in [1.165, 1.54) is 0 Å². The van der Waals surface area contributed by atoms with Crippen LogP contribution in [0.25, 0.3) is 21.9 Å². The molecular weight excluding hydrogens is 549 g/mol. The number of fused-ring (bicyclic) bond motifs is 2. The first kappa shape index (κ1) is 29.3. The molecule has 43 heavy (non-hydrogen) atoms. The zero-order valence-corrected chi connectivity index (χ0v) is 25.6. The third-order valence-electron chi connectivity index (χ3n) is 9.05. The minimum Gasteiger partial charge on any atom is -0.446 e. The molecule has 0 radical (unpaired) electrons. The lowest BCUT2D eigenvalue weighted by Crippen LogP contribution is -2.49. The monoisotopic (exact) mass is 589 g/mol. The fraction of sp³-hybridized carbons (Fsp3) is 0.515. The number of benzene rings is 1. The molecule has 0 atom stereocenters. The van der Waals surface area contributed by atoms with Crippen LogP contribution in [-0.4, -0.2) is 53.5 Å². The SMILES string of the molecule is Cc1c(-c2cc3cc(NC(=O)OC4CC5(CCNCC5)C4)ncc3c(C)c2F)cnc2c1N(C(=O)OC(C)(C)C)CCC2. The number of pyridine rings is 2. The molecule has 1 aromatic carbocycles. The van der Waals surface area contributed by atoms with Gasteiger partial charge in [0.05, 0.1) is 11.4 Å². The van der Waals surface area contributed by atoms with Crippen LogP contribution in [0.2, 0.25) is 0 Å². The highest BCUT2D eigenvalue weighted by atomic mass is 19.1. The number of carbonyl (C=O) groups is 2. The Morgan fingerprint density at radius 1 is 1.07 bits per heavy atom. The molecule has 0 unspecified atom stereocenters. The van der Waals surface area contributed by atoms with Gasteiger partial charge in [-0.1, -0.05) is 0 Å². The van der Waals surface area contributed by atoms with Crippen LogP contribution in [0, 0.1) is 25.1 Å². The van der Waals surface area contributed by atoms with Gasteiger partial charge in [0.2, 0.25) is 0 Å². The minimum absolute atomic E-state index is 0.0822. The summed E-state index contributed by atoms with van der Waals surface area (Å²) in [6.45, 7) is 11.6. The van der Waals surface area contributed by atoms with Crippen molar-refractivity contribution in [3.63, 3.8) is 0 Å². The van der Waals surface area contributed by atoms with E-state index in [0.29, 0.717) is 45.5 Å². The van der Waals surface area contributed by atoms with E-state index in [9.17, 15) is 9.59 Å². The number of hydrogen-bond acceptors (Lipinski definition) is 7. The number of carbonyl (C=O) groups excluding carboxylic acids is 2. The predicted molar refractivity (Wildman–Crippen MR) is 164 cm³/mol. The van der Waals surface area contributed by atoms with E-state index < -0.39 is 17.8 Å². The number of aryl methyl sites for hydroxylation is 2. The number of nitrogens with zero attached hydrogens (tertiary/aromatic N) is 3. The number of amides is 2.